The van der Waals surface area contributed by atoms with Crippen molar-refractivity contribution in [1.29, 1.82) is 0 Å². The SMILES string of the molecule is COC(=O)NC(=O)c1c(NC(=O)Cc2ccccc2)sc2c1CC[C@H](C)C2. The molecule has 1 aromatic carbocycles. The number of amides is 3. The molecule has 6 nitrogen and oxygen atoms in total. The van der Waals surface area contributed by atoms with Gasteiger partial charge in [-0.2, -0.15) is 0 Å². The first-order valence-electron chi connectivity index (χ1n) is 8.85. The number of nitrogens with one attached hydrogen (secondary N) is 2. The number of anilines is 1. The van der Waals surface area contributed by atoms with Crippen LogP contribution in [0.5, 0.6) is 0 Å². The number of carbonyl (C=O) groups is 3. The summed E-state index contributed by atoms with van der Waals surface area (Å²) in [5.41, 5.74) is 2.20. The summed E-state index contributed by atoms with van der Waals surface area (Å²) in [6.45, 7) is 2.17. The van der Waals surface area contributed by atoms with E-state index in [1.807, 2.05) is 30.3 Å². The molecule has 0 bridgehead atoms. The highest BCUT2D eigenvalue weighted by molar-refractivity contribution is 7.17. The summed E-state index contributed by atoms with van der Waals surface area (Å²) in [4.78, 5) is 37.7. The Hall–Kier alpha value is -2.67. The Kier molecular flexibility index (Phi) is 5.91. The lowest BCUT2D eigenvalue weighted by atomic mass is 9.88. The lowest BCUT2D eigenvalue weighted by Gasteiger charge is -2.18. The van der Waals surface area contributed by atoms with Gasteiger partial charge >= 0.3 is 6.09 Å². The molecule has 2 N–H and O–H groups in total. The number of alkyl carbamates (subject to hydrolysis) is 1. The maximum absolute atomic E-state index is 12.6. The molecule has 142 valence electrons. The van der Waals surface area contributed by atoms with Crippen LogP contribution in [0.3, 0.4) is 0 Å². The van der Waals surface area contributed by atoms with Crippen LogP contribution in [0.4, 0.5) is 9.80 Å². The summed E-state index contributed by atoms with van der Waals surface area (Å²) in [5.74, 6) is -0.204. The van der Waals surface area contributed by atoms with E-state index in [1.54, 1.807) is 0 Å². The molecule has 0 spiro atoms. The minimum atomic E-state index is -0.814. The molecule has 1 aliphatic carbocycles. The minimum Gasteiger partial charge on any atom is -0.453 e. The fraction of sp³-hybridized carbons (Fsp3) is 0.350. The number of ether oxygens (including phenoxy) is 1. The molecule has 3 amide bonds. The number of benzene rings is 1. The number of rotatable bonds is 4. The standard InChI is InChI=1S/C20H22N2O4S/c1-12-8-9-14-15(10-12)27-19(17(14)18(24)22-20(25)26-2)21-16(23)11-13-6-4-3-5-7-13/h3-7,12H,8-11H2,1-2H3,(H,21,23)(H,22,24,25)/t12-/m0/s1. The molecule has 0 fully saturated rings. The summed E-state index contributed by atoms with van der Waals surface area (Å²) >= 11 is 1.42. The first-order valence-corrected chi connectivity index (χ1v) is 9.67. The predicted molar refractivity (Wildman–Crippen MR) is 104 cm³/mol. The zero-order chi connectivity index (χ0) is 19.4. The van der Waals surface area contributed by atoms with Crippen molar-refractivity contribution in [2.24, 2.45) is 5.92 Å². The van der Waals surface area contributed by atoms with Crippen molar-refractivity contribution in [2.45, 2.75) is 32.6 Å². The number of methoxy groups -OCH3 is 1. The van der Waals surface area contributed by atoms with E-state index < -0.39 is 12.0 Å². The zero-order valence-electron chi connectivity index (χ0n) is 15.3. The van der Waals surface area contributed by atoms with Gasteiger partial charge in [-0.05, 0) is 36.3 Å². The molecule has 0 saturated carbocycles. The number of hydrogen-bond acceptors (Lipinski definition) is 5. The van der Waals surface area contributed by atoms with Gasteiger partial charge in [-0.15, -0.1) is 11.3 Å². The highest BCUT2D eigenvalue weighted by Gasteiger charge is 2.29. The van der Waals surface area contributed by atoms with E-state index in [0.717, 1.165) is 35.3 Å². The van der Waals surface area contributed by atoms with Gasteiger partial charge < -0.3 is 10.1 Å². The average Bonchev–Trinajstić information content (AvgIpc) is 2.98. The third kappa shape index (κ3) is 4.54. The molecule has 0 unspecified atom stereocenters. The number of thiophene rings is 1. The smallest absolute Gasteiger partial charge is 0.413 e. The van der Waals surface area contributed by atoms with Crippen LogP contribution >= 0.6 is 11.3 Å². The molecule has 1 aromatic heterocycles. The van der Waals surface area contributed by atoms with Crippen LogP contribution < -0.4 is 10.6 Å². The quantitative estimate of drug-likeness (QED) is 0.842. The normalized spacial score (nSPS) is 15.6. The van der Waals surface area contributed by atoms with E-state index in [-0.39, 0.29) is 12.3 Å². The number of imide groups is 1. The highest BCUT2D eigenvalue weighted by atomic mass is 32.1. The monoisotopic (exact) mass is 386 g/mol. The van der Waals surface area contributed by atoms with E-state index in [2.05, 4.69) is 22.3 Å². The molecule has 3 rings (SSSR count). The van der Waals surface area contributed by atoms with Gasteiger partial charge in [0, 0.05) is 4.88 Å². The van der Waals surface area contributed by atoms with Crippen molar-refractivity contribution < 1.29 is 19.1 Å². The molecule has 0 aliphatic heterocycles. The van der Waals surface area contributed by atoms with Crippen LogP contribution in [0.15, 0.2) is 30.3 Å². The van der Waals surface area contributed by atoms with Gasteiger partial charge in [0.2, 0.25) is 5.91 Å². The average molecular weight is 386 g/mol. The Morgan fingerprint density at radius 2 is 1.96 bits per heavy atom. The van der Waals surface area contributed by atoms with Crippen molar-refractivity contribution >= 4 is 34.2 Å². The number of fused-ring (bicyclic) bond motifs is 1. The molecule has 0 saturated heterocycles. The van der Waals surface area contributed by atoms with Gasteiger partial charge in [-0.1, -0.05) is 37.3 Å². The topological polar surface area (TPSA) is 84.5 Å². The molecule has 27 heavy (non-hydrogen) atoms. The number of hydrogen-bond donors (Lipinski definition) is 2. The summed E-state index contributed by atoms with van der Waals surface area (Å²) in [5, 5.41) is 5.58. The second-order valence-corrected chi connectivity index (χ2v) is 7.82. The molecule has 7 heteroatoms. The van der Waals surface area contributed by atoms with Crippen LogP contribution in [0.2, 0.25) is 0 Å². The van der Waals surface area contributed by atoms with Gasteiger partial charge in [0.05, 0.1) is 19.1 Å². The summed E-state index contributed by atoms with van der Waals surface area (Å²) in [6.07, 6.45) is 2.00. The molecule has 1 heterocycles. The Balaban J connectivity index is 1.85. The van der Waals surface area contributed by atoms with E-state index in [9.17, 15) is 14.4 Å². The molecular weight excluding hydrogens is 364 g/mol. The lowest BCUT2D eigenvalue weighted by molar-refractivity contribution is -0.115. The third-order valence-electron chi connectivity index (χ3n) is 4.60. The summed E-state index contributed by atoms with van der Waals surface area (Å²) in [7, 11) is 1.20. The number of carbonyl (C=O) groups excluding carboxylic acids is 3. The van der Waals surface area contributed by atoms with Crippen molar-refractivity contribution in [1.82, 2.24) is 5.32 Å². The Bertz CT molecular complexity index is 860. The second-order valence-electron chi connectivity index (χ2n) is 6.71. The molecular formula is C20H22N2O4S. The van der Waals surface area contributed by atoms with E-state index in [4.69, 9.17) is 0 Å². The largest absolute Gasteiger partial charge is 0.453 e. The molecule has 0 radical (unpaired) electrons. The van der Waals surface area contributed by atoms with Crippen LogP contribution in [-0.4, -0.2) is 25.0 Å². The molecule has 2 aromatic rings. The van der Waals surface area contributed by atoms with Crippen LogP contribution in [0.1, 0.15) is 39.7 Å². The lowest BCUT2D eigenvalue weighted by Crippen LogP contribution is -2.31. The maximum atomic E-state index is 12.6. The predicted octanol–water partition coefficient (Wildman–Crippen LogP) is 3.55. The van der Waals surface area contributed by atoms with E-state index in [0.29, 0.717) is 16.5 Å². The molecule has 1 aliphatic rings. The van der Waals surface area contributed by atoms with E-state index in [1.165, 1.54) is 18.4 Å². The van der Waals surface area contributed by atoms with Crippen LogP contribution in [0.25, 0.3) is 0 Å². The van der Waals surface area contributed by atoms with Crippen molar-refractivity contribution in [3.63, 3.8) is 0 Å². The Morgan fingerprint density at radius 1 is 1.22 bits per heavy atom. The third-order valence-corrected chi connectivity index (χ3v) is 5.77. The Morgan fingerprint density at radius 3 is 2.67 bits per heavy atom. The van der Waals surface area contributed by atoms with Crippen molar-refractivity contribution in [3.8, 4) is 0 Å². The summed E-state index contributed by atoms with van der Waals surface area (Å²) in [6, 6.07) is 9.41. The first-order chi connectivity index (χ1) is 13.0. The maximum Gasteiger partial charge on any atom is 0.413 e. The summed E-state index contributed by atoms with van der Waals surface area (Å²) < 4.78 is 4.53. The van der Waals surface area contributed by atoms with Crippen LogP contribution in [0, 0.1) is 5.92 Å². The van der Waals surface area contributed by atoms with E-state index >= 15 is 0 Å². The van der Waals surface area contributed by atoms with Gasteiger partial charge in [0.25, 0.3) is 5.91 Å². The Labute approximate surface area is 161 Å². The van der Waals surface area contributed by atoms with Gasteiger partial charge in [-0.3, -0.25) is 14.9 Å². The van der Waals surface area contributed by atoms with Gasteiger partial charge in [0.1, 0.15) is 5.00 Å². The highest BCUT2D eigenvalue weighted by Crippen LogP contribution is 2.39. The molecule has 1 atom stereocenters. The fourth-order valence-corrected chi connectivity index (χ4v) is 4.66. The van der Waals surface area contributed by atoms with Crippen molar-refractivity contribution in [2.75, 3.05) is 12.4 Å². The van der Waals surface area contributed by atoms with Crippen LogP contribution in [-0.2, 0) is 28.8 Å². The van der Waals surface area contributed by atoms with Gasteiger partial charge in [0.15, 0.2) is 0 Å². The zero-order valence-corrected chi connectivity index (χ0v) is 16.2. The second kappa shape index (κ2) is 8.35. The minimum absolute atomic E-state index is 0.194. The van der Waals surface area contributed by atoms with Gasteiger partial charge in [-0.25, -0.2) is 4.79 Å². The van der Waals surface area contributed by atoms with Crippen molar-refractivity contribution in [3.05, 3.63) is 51.9 Å². The first kappa shape index (κ1) is 19.1. The fourth-order valence-electron chi connectivity index (χ4n) is 3.24.